The molecule has 4 rings (SSSR count). The quantitative estimate of drug-likeness (QED) is 0.569. The molecule has 1 aliphatic rings. The third-order valence-electron chi connectivity index (χ3n) is 5.58. The van der Waals surface area contributed by atoms with Gasteiger partial charge in [-0.05, 0) is 54.7 Å². The van der Waals surface area contributed by atoms with E-state index < -0.39 is 10.0 Å². The van der Waals surface area contributed by atoms with Crippen molar-refractivity contribution in [3.8, 4) is 0 Å². The van der Waals surface area contributed by atoms with Crippen molar-refractivity contribution in [3.63, 3.8) is 0 Å². The van der Waals surface area contributed by atoms with E-state index in [-0.39, 0.29) is 18.3 Å². The summed E-state index contributed by atoms with van der Waals surface area (Å²) in [6.07, 6.45) is 0. The molecule has 1 aliphatic heterocycles. The fourth-order valence-corrected chi connectivity index (χ4v) is 5.37. The molecule has 8 heteroatoms. The van der Waals surface area contributed by atoms with E-state index in [4.69, 9.17) is 0 Å². The second kappa shape index (κ2) is 10.0. The van der Waals surface area contributed by atoms with Gasteiger partial charge in [0.1, 0.15) is 0 Å². The molecule has 0 aliphatic carbocycles. The first-order valence-corrected chi connectivity index (χ1v) is 11.8. The molecule has 0 aromatic heterocycles. The van der Waals surface area contributed by atoms with E-state index in [0.717, 1.165) is 22.9 Å². The molecule has 0 spiro atoms. The molecule has 3 aromatic carbocycles. The van der Waals surface area contributed by atoms with Gasteiger partial charge in [-0.15, -0.1) is 12.4 Å². The van der Waals surface area contributed by atoms with Crippen LogP contribution in [0.3, 0.4) is 0 Å². The number of hydrogen-bond acceptors (Lipinski definition) is 4. The van der Waals surface area contributed by atoms with Crippen LogP contribution in [0.25, 0.3) is 10.8 Å². The minimum absolute atomic E-state index is 0. The Morgan fingerprint density at radius 1 is 0.875 bits per heavy atom. The van der Waals surface area contributed by atoms with Crippen molar-refractivity contribution in [2.75, 3.05) is 40.3 Å². The number of halogens is 1. The normalized spacial score (nSPS) is 15.0. The van der Waals surface area contributed by atoms with Crippen LogP contribution in [0.5, 0.6) is 0 Å². The number of rotatable bonds is 5. The standard InChI is InChI=1S/C24H27N3O3S.ClH/c1-25(2)18-19-7-9-21(10-8-19)24(28)26-13-15-27(16-14-26)31(29,30)23-12-11-20-5-3-4-6-22(20)17-23;/h3-12,17H,13-16,18H2,1-2H3;1H. The summed E-state index contributed by atoms with van der Waals surface area (Å²) >= 11 is 0. The summed E-state index contributed by atoms with van der Waals surface area (Å²) in [5.74, 6) is -0.0563. The van der Waals surface area contributed by atoms with Crippen molar-refractivity contribution in [1.29, 1.82) is 0 Å². The Kier molecular flexibility index (Phi) is 7.56. The van der Waals surface area contributed by atoms with Gasteiger partial charge in [-0.3, -0.25) is 4.79 Å². The highest BCUT2D eigenvalue weighted by atomic mass is 35.5. The molecule has 0 N–H and O–H groups in total. The summed E-state index contributed by atoms with van der Waals surface area (Å²) < 4.78 is 27.7. The molecule has 170 valence electrons. The van der Waals surface area contributed by atoms with Crippen LogP contribution in [-0.2, 0) is 16.6 Å². The van der Waals surface area contributed by atoms with Crippen LogP contribution in [0.1, 0.15) is 15.9 Å². The summed E-state index contributed by atoms with van der Waals surface area (Å²) in [6, 6.07) is 20.5. The maximum absolute atomic E-state index is 13.1. The molecule has 0 unspecified atom stereocenters. The largest absolute Gasteiger partial charge is 0.336 e. The van der Waals surface area contributed by atoms with Crippen molar-refractivity contribution in [3.05, 3.63) is 77.9 Å². The molecule has 1 fully saturated rings. The van der Waals surface area contributed by atoms with Gasteiger partial charge >= 0.3 is 0 Å². The molecule has 0 radical (unpaired) electrons. The number of benzene rings is 3. The maximum Gasteiger partial charge on any atom is 0.253 e. The fraction of sp³-hybridized carbons (Fsp3) is 0.292. The number of sulfonamides is 1. The first kappa shape index (κ1) is 24.2. The van der Waals surface area contributed by atoms with E-state index in [1.807, 2.05) is 68.7 Å². The van der Waals surface area contributed by atoms with Crippen LogP contribution in [0.4, 0.5) is 0 Å². The number of nitrogens with zero attached hydrogens (tertiary/aromatic N) is 3. The Hall–Kier alpha value is -2.45. The predicted molar refractivity (Wildman–Crippen MR) is 130 cm³/mol. The molecule has 1 saturated heterocycles. The zero-order chi connectivity index (χ0) is 22.0. The lowest BCUT2D eigenvalue weighted by molar-refractivity contribution is 0.0698. The van der Waals surface area contributed by atoms with Gasteiger partial charge < -0.3 is 9.80 Å². The van der Waals surface area contributed by atoms with E-state index in [1.54, 1.807) is 17.0 Å². The molecule has 1 heterocycles. The van der Waals surface area contributed by atoms with Crippen LogP contribution in [0.15, 0.2) is 71.6 Å². The maximum atomic E-state index is 13.1. The first-order chi connectivity index (χ1) is 14.8. The second-order valence-corrected chi connectivity index (χ2v) is 10.1. The van der Waals surface area contributed by atoms with E-state index in [9.17, 15) is 13.2 Å². The monoisotopic (exact) mass is 473 g/mol. The highest BCUT2D eigenvalue weighted by Gasteiger charge is 2.30. The first-order valence-electron chi connectivity index (χ1n) is 10.4. The lowest BCUT2D eigenvalue weighted by Gasteiger charge is -2.34. The van der Waals surface area contributed by atoms with Crippen molar-refractivity contribution in [2.24, 2.45) is 0 Å². The third kappa shape index (κ3) is 5.13. The van der Waals surface area contributed by atoms with Gasteiger partial charge in [0, 0.05) is 38.3 Å². The second-order valence-electron chi connectivity index (χ2n) is 8.14. The number of carbonyl (C=O) groups excluding carboxylic acids is 1. The minimum atomic E-state index is -3.59. The van der Waals surface area contributed by atoms with Crippen molar-refractivity contribution < 1.29 is 13.2 Å². The smallest absolute Gasteiger partial charge is 0.253 e. The van der Waals surface area contributed by atoms with Gasteiger partial charge in [0.15, 0.2) is 0 Å². The van der Waals surface area contributed by atoms with E-state index in [2.05, 4.69) is 4.90 Å². The van der Waals surface area contributed by atoms with E-state index in [1.165, 1.54) is 4.31 Å². The lowest BCUT2D eigenvalue weighted by Crippen LogP contribution is -2.50. The fourth-order valence-electron chi connectivity index (χ4n) is 3.91. The highest BCUT2D eigenvalue weighted by molar-refractivity contribution is 7.89. The predicted octanol–water partition coefficient (Wildman–Crippen LogP) is 3.47. The summed E-state index contributed by atoms with van der Waals surface area (Å²) in [5, 5.41) is 1.91. The molecule has 0 bridgehead atoms. The van der Waals surface area contributed by atoms with Crippen LogP contribution in [0.2, 0.25) is 0 Å². The summed E-state index contributed by atoms with van der Waals surface area (Å²) in [4.78, 5) is 17.0. The van der Waals surface area contributed by atoms with Crippen molar-refractivity contribution in [2.45, 2.75) is 11.4 Å². The topological polar surface area (TPSA) is 60.9 Å². The third-order valence-corrected chi connectivity index (χ3v) is 7.48. The van der Waals surface area contributed by atoms with Crippen LogP contribution >= 0.6 is 12.4 Å². The Morgan fingerprint density at radius 2 is 1.50 bits per heavy atom. The molecule has 0 atom stereocenters. The van der Waals surface area contributed by atoms with Crippen molar-refractivity contribution in [1.82, 2.24) is 14.1 Å². The zero-order valence-electron chi connectivity index (χ0n) is 18.3. The average Bonchev–Trinajstić information content (AvgIpc) is 2.78. The zero-order valence-corrected chi connectivity index (χ0v) is 19.9. The van der Waals surface area contributed by atoms with Gasteiger partial charge in [-0.25, -0.2) is 8.42 Å². The average molecular weight is 474 g/mol. The van der Waals surface area contributed by atoms with Gasteiger partial charge in [0.25, 0.3) is 5.91 Å². The lowest BCUT2D eigenvalue weighted by atomic mass is 10.1. The van der Waals surface area contributed by atoms with Gasteiger partial charge in [0.05, 0.1) is 4.90 Å². The van der Waals surface area contributed by atoms with Gasteiger partial charge in [-0.2, -0.15) is 4.31 Å². The SMILES string of the molecule is CN(C)Cc1ccc(C(=O)N2CCN(S(=O)(=O)c3ccc4ccccc4c3)CC2)cc1.Cl. The molecule has 3 aromatic rings. The van der Waals surface area contributed by atoms with Gasteiger partial charge in [-0.1, -0.05) is 42.5 Å². The summed E-state index contributed by atoms with van der Waals surface area (Å²) in [5.41, 5.74) is 1.78. The number of piperazine rings is 1. The number of carbonyl (C=O) groups is 1. The van der Waals surface area contributed by atoms with Crippen molar-refractivity contribution >= 4 is 39.1 Å². The van der Waals surface area contributed by atoms with E-state index >= 15 is 0 Å². The molecular weight excluding hydrogens is 446 g/mol. The Bertz CT molecular complexity index is 1190. The Morgan fingerprint density at radius 3 is 2.12 bits per heavy atom. The molecule has 6 nitrogen and oxygen atoms in total. The summed E-state index contributed by atoms with van der Waals surface area (Å²) in [6.45, 7) is 2.16. The van der Waals surface area contributed by atoms with Crippen LogP contribution in [0, 0.1) is 0 Å². The molecule has 0 saturated carbocycles. The number of fused-ring (bicyclic) bond motifs is 1. The molecule has 1 amide bonds. The molecule has 32 heavy (non-hydrogen) atoms. The van der Waals surface area contributed by atoms with Gasteiger partial charge in [0.2, 0.25) is 10.0 Å². The van der Waals surface area contributed by atoms with Crippen LogP contribution in [-0.4, -0.2) is 68.7 Å². The minimum Gasteiger partial charge on any atom is -0.336 e. The van der Waals surface area contributed by atoms with Crippen LogP contribution < -0.4 is 0 Å². The number of amides is 1. The Labute approximate surface area is 195 Å². The molecular formula is C24H28ClN3O3S. The Balaban J connectivity index is 0.00000289. The highest BCUT2D eigenvalue weighted by Crippen LogP contribution is 2.23. The van der Waals surface area contributed by atoms with E-state index in [0.29, 0.717) is 36.6 Å². The number of hydrogen-bond donors (Lipinski definition) is 0. The summed E-state index contributed by atoms with van der Waals surface area (Å²) in [7, 11) is 0.415.